The van der Waals surface area contributed by atoms with E-state index >= 15 is 0 Å². The van der Waals surface area contributed by atoms with Gasteiger partial charge in [0, 0.05) is 23.4 Å². The molecule has 0 bridgehead atoms. The number of carbonyl (C=O) groups excluding carboxylic acids is 2. The Hall–Kier alpha value is -3.54. The minimum Gasteiger partial charge on any atom is -0.483 e. The molecule has 0 saturated carbocycles. The maximum Gasteiger partial charge on any atom is 0.276 e. The predicted molar refractivity (Wildman–Crippen MR) is 108 cm³/mol. The third-order valence-corrected chi connectivity index (χ3v) is 4.21. The van der Waals surface area contributed by atoms with Gasteiger partial charge < -0.3 is 9.15 Å². The van der Waals surface area contributed by atoms with E-state index < -0.39 is 11.8 Å². The van der Waals surface area contributed by atoms with Gasteiger partial charge in [-0.25, -0.2) is 0 Å². The lowest BCUT2D eigenvalue weighted by atomic mass is 10.1. The van der Waals surface area contributed by atoms with Crippen LogP contribution in [0.25, 0.3) is 17.0 Å². The monoisotopic (exact) mass is 378 g/mol. The Bertz CT molecular complexity index is 1020. The zero-order valence-corrected chi connectivity index (χ0v) is 15.8. The summed E-state index contributed by atoms with van der Waals surface area (Å²) in [5, 5.41) is 0.944. The highest BCUT2D eigenvalue weighted by Crippen LogP contribution is 2.27. The second-order valence-corrected chi connectivity index (χ2v) is 6.21. The van der Waals surface area contributed by atoms with Gasteiger partial charge in [0.2, 0.25) is 0 Å². The quantitative estimate of drug-likeness (QED) is 0.508. The normalized spacial score (nSPS) is 10.9. The van der Waals surface area contributed by atoms with Gasteiger partial charge in [-0.2, -0.15) is 0 Å². The lowest BCUT2D eigenvalue weighted by Gasteiger charge is -2.09. The molecule has 0 unspecified atom stereocenters. The number of carbonyl (C=O) groups is 2. The molecule has 0 spiro atoms. The summed E-state index contributed by atoms with van der Waals surface area (Å²) in [6.45, 7) is 3.69. The average molecular weight is 378 g/mol. The standard InChI is InChI=1S/C22H22N2O4/c1-3-18-17(16-9-5-7-11-20(16)28-18)12-13-21(25)23-24-22(26)14-27-19-10-6-4-8-15(19)2/h4-13H,3,14H2,1-2H3,(H,23,25)(H,24,26)/b13-12+. The number of ether oxygens (including phenoxy) is 1. The Morgan fingerprint density at radius 1 is 1.07 bits per heavy atom. The van der Waals surface area contributed by atoms with Crippen LogP contribution < -0.4 is 15.6 Å². The number of fused-ring (bicyclic) bond motifs is 1. The van der Waals surface area contributed by atoms with E-state index in [0.29, 0.717) is 12.2 Å². The lowest BCUT2D eigenvalue weighted by molar-refractivity contribution is -0.128. The zero-order valence-electron chi connectivity index (χ0n) is 15.8. The van der Waals surface area contributed by atoms with Gasteiger partial charge in [-0.15, -0.1) is 0 Å². The summed E-state index contributed by atoms with van der Waals surface area (Å²) in [4.78, 5) is 23.9. The highest BCUT2D eigenvalue weighted by atomic mass is 16.5. The van der Waals surface area contributed by atoms with Crippen LogP contribution in [0.5, 0.6) is 5.75 Å². The van der Waals surface area contributed by atoms with Crippen LogP contribution in [-0.4, -0.2) is 18.4 Å². The molecule has 1 aromatic heterocycles. The van der Waals surface area contributed by atoms with E-state index in [1.54, 1.807) is 12.1 Å². The molecule has 2 N–H and O–H groups in total. The molecular weight excluding hydrogens is 356 g/mol. The van der Waals surface area contributed by atoms with E-state index in [1.807, 2.05) is 56.3 Å². The van der Waals surface area contributed by atoms with Gasteiger partial charge in [-0.05, 0) is 30.7 Å². The topological polar surface area (TPSA) is 80.6 Å². The second-order valence-electron chi connectivity index (χ2n) is 6.21. The molecular formula is C22H22N2O4. The predicted octanol–water partition coefficient (Wildman–Crippen LogP) is 3.54. The van der Waals surface area contributed by atoms with E-state index in [1.165, 1.54) is 6.08 Å². The Morgan fingerprint density at radius 2 is 1.82 bits per heavy atom. The van der Waals surface area contributed by atoms with Gasteiger partial charge >= 0.3 is 0 Å². The van der Waals surface area contributed by atoms with Crippen LogP contribution in [0.4, 0.5) is 0 Å². The van der Waals surface area contributed by atoms with Crippen molar-refractivity contribution in [3.05, 3.63) is 71.5 Å². The van der Waals surface area contributed by atoms with Gasteiger partial charge in [-0.3, -0.25) is 20.4 Å². The molecule has 0 aliphatic heterocycles. The van der Waals surface area contributed by atoms with Crippen molar-refractivity contribution < 1.29 is 18.7 Å². The van der Waals surface area contributed by atoms with Crippen LogP contribution in [0.2, 0.25) is 0 Å². The molecule has 0 radical (unpaired) electrons. The molecule has 0 fully saturated rings. The minimum absolute atomic E-state index is 0.193. The van der Waals surface area contributed by atoms with Crippen molar-refractivity contribution in [2.45, 2.75) is 20.3 Å². The summed E-state index contributed by atoms with van der Waals surface area (Å²) in [6.07, 6.45) is 3.76. The van der Waals surface area contributed by atoms with Crippen LogP contribution in [0.15, 0.2) is 59.0 Å². The Labute approximate surface area is 163 Å². The largest absolute Gasteiger partial charge is 0.483 e. The first kappa shape index (κ1) is 19.2. The van der Waals surface area contributed by atoms with Gasteiger partial charge in [-0.1, -0.05) is 43.3 Å². The first-order valence-corrected chi connectivity index (χ1v) is 9.04. The average Bonchev–Trinajstić information content (AvgIpc) is 3.07. The molecule has 0 aliphatic carbocycles. The van der Waals surface area contributed by atoms with E-state index in [4.69, 9.17) is 9.15 Å². The summed E-state index contributed by atoms with van der Waals surface area (Å²) >= 11 is 0. The number of benzene rings is 2. The van der Waals surface area contributed by atoms with Crippen molar-refractivity contribution in [3.63, 3.8) is 0 Å². The Balaban J connectivity index is 1.54. The van der Waals surface area contributed by atoms with Crippen molar-refractivity contribution in [2.75, 3.05) is 6.61 Å². The number of nitrogens with one attached hydrogen (secondary N) is 2. The number of hydrazine groups is 1. The SMILES string of the molecule is CCc1oc2ccccc2c1/C=C/C(=O)NNC(=O)COc1ccccc1C. The van der Waals surface area contributed by atoms with Crippen molar-refractivity contribution in [1.29, 1.82) is 0 Å². The van der Waals surface area contributed by atoms with Gasteiger partial charge in [0.25, 0.3) is 11.8 Å². The van der Waals surface area contributed by atoms with Gasteiger partial charge in [0.1, 0.15) is 17.1 Å². The molecule has 2 amide bonds. The lowest BCUT2D eigenvalue weighted by Crippen LogP contribution is -2.43. The fourth-order valence-corrected chi connectivity index (χ4v) is 2.79. The first-order chi connectivity index (χ1) is 13.6. The van der Waals surface area contributed by atoms with E-state index in [-0.39, 0.29) is 6.61 Å². The third-order valence-electron chi connectivity index (χ3n) is 4.21. The smallest absolute Gasteiger partial charge is 0.276 e. The summed E-state index contributed by atoms with van der Waals surface area (Å²) in [6, 6.07) is 15.1. The molecule has 0 aliphatic rings. The number of hydrogen-bond donors (Lipinski definition) is 2. The summed E-state index contributed by atoms with van der Waals surface area (Å²) in [5.41, 5.74) is 7.25. The third kappa shape index (κ3) is 4.59. The number of hydrogen-bond acceptors (Lipinski definition) is 4. The van der Waals surface area contributed by atoms with E-state index in [2.05, 4.69) is 10.9 Å². The van der Waals surface area contributed by atoms with Gasteiger partial charge in [0.05, 0.1) is 0 Å². The summed E-state index contributed by atoms with van der Waals surface area (Å²) < 4.78 is 11.2. The molecule has 1 heterocycles. The van der Waals surface area contributed by atoms with Crippen LogP contribution in [0, 0.1) is 6.92 Å². The zero-order chi connectivity index (χ0) is 19.9. The molecule has 28 heavy (non-hydrogen) atoms. The first-order valence-electron chi connectivity index (χ1n) is 9.04. The maximum atomic E-state index is 12.0. The number of aryl methyl sites for hydroxylation is 2. The summed E-state index contributed by atoms with van der Waals surface area (Å²) in [7, 11) is 0. The van der Waals surface area contributed by atoms with Crippen LogP contribution in [-0.2, 0) is 16.0 Å². The number of para-hydroxylation sites is 2. The molecule has 3 aromatic rings. The van der Waals surface area contributed by atoms with Crippen LogP contribution >= 0.6 is 0 Å². The highest BCUT2D eigenvalue weighted by molar-refractivity contribution is 5.97. The second kappa shape index (κ2) is 8.90. The molecule has 0 atom stereocenters. The molecule has 144 valence electrons. The Morgan fingerprint density at radius 3 is 2.61 bits per heavy atom. The van der Waals surface area contributed by atoms with Crippen molar-refractivity contribution in [1.82, 2.24) is 10.9 Å². The van der Waals surface area contributed by atoms with Crippen molar-refractivity contribution >= 4 is 28.9 Å². The number of rotatable bonds is 6. The number of furan rings is 1. The minimum atomic E-state index is -0.451. The molecule has 6 heteroatoms. The van der Waals surface area contributed by atoms with Gasteiger partial charge in [0.15, 0.2) is 6.61 Å². The molecule has 0 saturated heterocycles. The number of amides is 2. The fourth-order valence-electron chi connectivity index (χ4n) is 2.79. The molecule has 6 nitrogen and oxygen atoms in total. The molecule has 2 aromatic carbocycles. The maximum absolute atomic E-state index is 12.0. The fraction of sp³-hybridized carbons (Fsp3) is 0.182. The van der Waals surface area contributed by atoms with Crippen molar-refractivity contribution in [2.24, 2.45) is 0 Å². The summed E-state index contributed by atoms with van der Waals surface area (Å²) in [5.74, 6) is 0.535. The van der Waals surface area contributed by atoms with Crippen molar-refractivity contribution in [3.8, 4) is 5.75 Å². The van der Waals surface area contributed by atoms with E-state index in [0.717, 1.165) is 27.9 Å². The molecule has 3 rings (SSSR count). The van der Waals surface area contributed by atoms with Crippen LogP contribution in [0.3, 0.4) is 0 Å². The Kier molecular flexibility index (Phi) is 6.11. The highest BCUT2D eigenvalue weighted by Gasteiger charge is 2.10. The van der Waals surface area contributed by atoms with E-state index in [9.17, 15) is 9.59 Å². The van der Waals surface area contributed by atoms with Crippen LogP contribution in [0.1, 0.15) is 23.8 Å².